The molecule has 1 aromatic carbocycles. The molecule has 1 saturated heterocycles. The van der Waals surface area contributed by atoms with Gasteiger partial charge in [0.2, 0.25) is 0 Å². The van der Waals surface area contributed by atoms with Gasteiger partial charge in [-0.2, -0.15) is 5.10 Å². The summed E-state index contributed by atoms with van der Waals surface area (Å²) in [6.45, 7) is 10.8. The second kappa shape index (κ2) is 12.1. The maximum Gasteiger partial charge on any atom is 0.194 e. The number of guanidine groups is 1. The normalized spacial score (nSPS) is 15.1. The third kappa shape index (κ3) is 6.83. The van der Waals surface area contributed by atoms with Crippen molar-refractivity contribution in [1.82, 2.24) is 24.9 Å². The van der Waals surface area contributed by atoms with Gasteiger partial charge < -0.3 is 15.0 Å². The largest absolute Gasteiger partial charge is 0.494 e. The highest BCUT2D eigenvalue weighted by Gasteiger charge is 2.20. The number of hydrogen-bond acceptors (Lipinski definition) is 4. The van der Waals surface area contributed by atoms with E-state index in [2.05, 4.69) is 27.1 Å². The molecule has 1 aliphatic rings. The van der Waals surface area contributed by atoms with E-state index in [1.54, 1.807) is 12.1 Å². The average molecular weight is 530 g/mol. The quantitative estimate of drug-likeness (QED) is 0.339. The number of nitrogens with zero attached hydrogens (tertiary/aromatic N) is 5. The number of hydrogen-bond donors (Lipinski definition) is 1. The predicted octanol–water partition coefficient (Wildman–Crippen LogP) is 2.74. The molecule has 3 rings (SSSR count). The molecule has 0 saturated carbocycles. The molecular formula is C21H32FIN6O. The van der Waals surface area contributed by atoms with E-state index in [1.807, 2.05) is 30.1 Å². The topological polar surface area (TPSA) is 57.9 Å². The van der Waals surface area contributed by atoms with Gasteiger partial charge in [-0.3, -0.25) is 14.6 Å². The summed E-state index contributed by atoms with van der Waals surface area (Å²) in [7, 11) is 1.48. The molecule has 0 amide bonds. The predicted molar refractivity (Wildman–Crippen MR) is 128 cm³/mol. The Bertz CT molecular complexity index is 820. The van der Waals surface area contributed by atoms with E-state index >= 15 is 0 Å². The summed E-state index contributed by atoms with van der Waals surface area (Å²) in [6, 6.07) is 5.18. The van der Waals surface area contributed by atoms with Crippen LogP contribution in [0, 0.1) is 12.7 Å². The molecule has 1 aromatic heterocycles. The fourth-order valence-corrected chi connectivity index (χ4v) is 3.46. The Morgan fingerprint density at radius 1 is 1.27 bits per heavy atom. The lowest BCUT2D eigenvalue weighted by molar-refractivity contribution is 0.172. The number of rotatable bonds is 7. The zero-order chi connectivity index (χ0) is 20.6. The molecule has 0 atom stereocenters. The van der Waals surface area contributed by atoms with E-state index in [9.17, 15) is 4.39 Å². The molecule has 0 radical (unpaired) electrons. The van der Waals surface area contributed by atoms with Crippen molar-refractivity contribution in [3.63, 3.8) is 0 Å². The van der Waals surface area contributed by atoms with Crippen LogP contribution in [0.15, 0.2) is 35.6 Å². The zero-order valence-corrected chi connectivity index (χ0v) is 20.3. The lowest BCUT2D eigenvalue weighted by Crippen LogP contribution is -2.52. The van der Waals surface area contributed by atoms with Crippen LogP contribution in [0.2, 0.25) is 0 Å². The van der Waals surface area contributed by atoms with Crippen LogP contribution >= 0.6 is 24.0 Å². The first-order chi connectivity index (χ1) is 14.1. The number of aliphatic imine (C=N–C) groups is 1. The first-order valence-corrected chi connectivity index (χ1v) is 10.2. The summed E-state index contributed by atoms with van der Waals surface area (Å²) in [6.07, 6.45) is 3.89. The van der Waals surface area contributed by atoms with E-state index in [0.717, 1.165) is 62.9 Å². The number of aromatic nitrogens is 2. The number of aryl methyl sites for hydroxylation is 1. The number of piperazine rings is 1. The summed E-state index contributed by atoms with van der Waals surface area (Å²) in [4.78, 5) is 9.41. The van der Waals surface area contributed by atoms with Crippen LogP contribution in [0.3, 0.4) is 0 Å². The summed E-state index contributed by atoms with van der Waals surface area (Å²) in [5.74, 6) is 0.930. The van der Waals surface area contributed by atoms with Crippen molar-refractivity contribution in [3.05, 3.63) is 47.5 Å². The molecule has 2 heterocycles. The fraction of sp³-hybridized carbons (Fsp3) is 0.524. The maximum absolute atomic E-state index is 13.9. The molecule has 7 nitrogen and oxygen atoms in total. The molecule has 2 aromatic rings. The van der Waals surface area contributed by atoms with Gasteiger partial charge in [0.05, 0.1) is 26.4 Å². The Morgan fingerprint density at radius 3 is 2.63 bits per heavy atom. The third-order valence-electron chi connectivity index (χ3n) is 4.98. The van der Waals surface area contributed by atoms with Gasteiger partial charge in [0.15, 0.2) is 17.5 Å². The first kappa shape index (κ1) is 24.4. The van der Waals surface area contributed by atoms with Crippen molar-refractivity contribution in [2.75, 3.05) is 46.4 Å². The highest BCUT2D eigenvalue weighted by atomic mass is 127. The van der Waals surface area contributed by atoms with Crippen molar-refractivity contribution in [2.45, 2.75) is 26.9 Å². The summed E-state index contributed by atoms with van der Waals surface area (Å²) >= 11 is 0. The Morgan fingerprint density at radius 2 is 2.03 bits per heavy atom. The second-order valence-corrected chi connectivity index (χ2v) is 7.25. The molecule has 1 N–H and O–H groups in total. The van der Waals surface area contributed by atoms with E-state index in [-0.39, 0.29) is 35.5 Å². The average Bonchev–Trinajstić information content (AvgIpc) is 3.13. The first-order valence-electron chi connectivity index (χ1n) is 10.2. The van der Waals surface area contributed by atoms with Gasteiger partial charge in [-0.25, -0.2) is 4.39 Å². The molecule has 30 heavy (non-hydrogen) atoms. The van der Waals surface area contributed by atoms with Gasteiger partial charge >= 0.3 is 0 Å². The van der Waals surface area contributed by atoms with E-state index in [0.29, 0.717) is 6.54 Å². The molecule has 0 aliphatic carbocycles. The number of methoxy groups -OCH3 is 1. The minimum atomic E-state index is -0.308. The van der Waals surface area contributed by atoms with Crippen LogP contribution < -0.4 is 10.1 Å². The second-order valence-electron chi connectivity index (χ2n) is 7.25. The molecule has 9 heteroatoms. The highest BCUT2D eigenvalue weighted by Crippen LogP contribution is 2.19. The lowest BCUT2D eigenvalue weighted by Gasteiger charge is -2.36. The molecule has 1 fully saturated rings. The van der Waals surface area contributed by atoms with Gasteiger partial charge in [0, 0.05) is 45.5 Å². The zero-order valence-electron chi connectivity index (χ0n) is 18.0. The van der Waals surface area contributed by atoms with Crippen molar-refractivity contribution >= 4 is 29.9 Å². The number of nitrogens with one attached hydrogen (secondary N) is 1. The van der Waals surface area contributed by atoms with Crippen LogP contribution in [-0.2, 0) is 13.1 Å². The van der Waals surface area contributed by atoms with Crippen LogP contribution in [-0.4, -0.2) is 71.9 Å². The summed E-state index contributed by atoms with van der Waals surface area (Å²) < 4.78 is 20.8. The third-order valence-corrected chi connectivity index (χ3v) is 4.98. The SMILES string of the molecule is CCNC(=NCCn1cc(C)cn1)N1CCN(Cc2ccc(OC)c(F)c2)CC1.I. The van der Waals surface area contributed by atoms with Gasteiger partial charge in [-0.15, -0.1) is 24.0 Å². The summed E-state index contributed by atoms with van der Waals surface area (Å²) in [5, 5.41) is 7.70. The van der Waals surface area contributed by atoms with Crippen molar-refractivity contribution in [3.8, 4) is 5.75 Å². The van der Waals surface area contributed by atoms with E-state index in [1.165, 1.54) is 7.11 Å². The van der Waals surface area contributed by atoms with E-state index in [4.69, 9.17) is 9.73 Å². The Labute approximate surface area is 195 Å². The Hall–Kier alpha value is -1.88. The molecule has 0 unspecified atom stereocenters. The molecule has 0 spiro atoms. The van der Waals surface area contributed by atoms with Crippen LogP contribution in [0.5, 0.6) is 5.75 Å². The van der Waals surface area contributed by atoms with Crippen LogP contribution in [0.1, 0.15) is 18.1 Å². The van der Waals surface area contributed by atoms with Crippen LogP contribution in [0.25, 0.3) is 0 Å². The number of benzene rings is 1. The maximum atomic E-state index is 13.9. The fourth-order valence-electron chi connectivity index (χ4n) is 3.46. The van der Waals surface area contributed by atoms with Gasteiger partial charge in [-0.05, 0) is 37.1 Å². The molecule has 0 bridgehead atoms. The number of ether oxygens (including phenoxy) is 1. The Balaban J connectivity index is 0.00000320. The van der Waals surface area contributed by atoms with E-state index < -0.39 is 0 Å². The standard InChI is InChI=1S/C21H31FN6O.HI/c1-4-23-21(24-7-8-28-15-17(2)14-25-28)27-11-9-26(10-12-27)16-18-5-6-20(29-3)19(22)13-18;/h5-6,13-15H,4,7-12,16H2,1-3H3,(H,23,24);1H. The van der Waals surface area contributed by atoms with Gasteiger partial charge in [-0.1, -0.05) is 6.07 Å². The monoisotopic (exact) mass is 530 g/mol. The van der Waals surface area contributed by atoms with Crippen molar-refractivity contribution in [2.24, 2.45) is 4.99 Å². The van der Waals surface area contributed by atoms with Crippen LogP contribution in [0.4, 0.5) is 4.39 Å². The van der Waals surface area contributed by atoms with Crippen molar-refractivity contribution in [1.29, 1.82) is 0 Å². The molecule has 166 valence electrons. The van der Waals surface area contributed by atoms with Gasteiger partial charge in [0.25, 0.3) is 0 Å². The summed E-state index contributed by atoms with van der Waals surface area (Å²) in [5.41, 5.74) is 2.13. The minimum absolute atomic E-state index is 0. The van der Waals surface area contributed by atoms with Gasteiger partial charge in [0.1, 0.15) is 0 Å². The minimum Gasteiger partial charge on any atom is -0.494 e. The smallest absolute Gasteiger partial charge is 0.194 e. The molecule has 1 aliphatic heterocycles. The molecular weight excluding hydrogens is 498 g/mol. The highest BCUT2D eigenvalue weighted by molar-refractivity contribution is 14.0. The van der Waals surface area contributed by atoms with Crippen molar-refractivity contribution < 1.29 is 9.13 Å². The Kier molecular flexibility index (Phi) is 9.83. The lowest BCUT2D eigenvalue weighted by atomic mass is 10.2. The number of halogens is 2.